The molecule has 0 aromatic heterocycles. The predicted molar refractivity (Wildman–Crippen MR) is 70.4 cm³/mol. The van der Waals surface area contributed by atoms with E-state index < -0.39 is 0 Å². The van der Waals surface area contributed by atoms with Crippen LogP contribution in [-0.2, 0) is 4.74 Å². The Morgan fingerprint density at radius 1 is 1.18 bits per heavy atom. The van der Waals surface area contributed by atoms with E-state index >= 15 is 0 Å². The van der Waals surface area contributed by atoms with Gasteiger partial charge in [0.25, 0.3) is 0 Å². The SMILES string of the molecule is CNC1CCOCC1N1CCC(N(C)C)CC1. The van der Waals surface area contributed by atoms with Crippen LogP contribution in [0.25, 0.3) is 0 Å². The van der Waals surface area contributed by atoms with E-state index in [0.717, 1.165) is 25.7 Å². The van der Waals surface area contributed by atoms with Gasteiger partial charge in [-0.25, -0.2) is 0 Å². The highest BCUT2D eigenvalue weighted by molar-refractivity contribution is 4.89. The second-order valence-corrected chi connectivity index (χ2v) is 5.56. The summed E-state index contributed by atoms with van der Waals surface area (Å²) in [6, 6.07) is 1.96. The van der Waals surface area contributed by atoms with E-state index in [0.29, 0.717) is 12.1 Å². The minimum absolute atomic E-state index is 0.580. The van der Waals surface area contributed by atoms with E-state index in [2.05, 4.69) is 36.3 Å². The molecule has 0 aromatic rings. The van der Waals surface area contributed by atoms with Gasteiger partial charge in [0.2, 0.25) is 0 Å². The monoisotopic (exact) mass is 241 g/mol. The number of hydrogen-bond donors (Lipinski definition) is 1. The Morgan fingerprint density at radius 2 is 1.88 bits per heavy atom. The van der Waals surface area contributed by atoms with Crippen LogP contribution in [0.2, 0.25) is 0 Å². The highest BCUT2D eigenvalue weighted by Gasteiger charge is 2.32. The average Bonchev–Trinajstić information content (AvgIpc) is 2.39. The minimum Gasteiger partial charge on any atom is -0.380 e. The van der Waals surface area contributed by atoms with Gasteiger partial charge in [-0.15, -0.1) is 0 Å². The zero-order valence-corrected chi connectivity index (χ0v) is 11.5. The van der Waals surface area contributed by atoms with Crippen molar-refractivity contribution in [3.05, 3.63) is 0 Å². The molecule has 2 aliphatic heterocycles. The molecule has 0 amide bonds. The van der Waals surface area contributed by atoms with Gasteiger partial charge in [-0.1, -0.05) is 0 Å². The Labute approximate surface area is 105 Å². The maximum atomic E-state index is 5.65. The van der Waals surface area contributed by atoms with Crippen LogP contribution in [0.3, 0.4) is 0 Å². The van der Waals surface area contributed by atoms with Gasteiger partial charge in [0, 0.05) is 37.8 Å². The van der Waals surface area contributed by atoms with Crippen molar-refractivity contribution in [3.8, 4) is 0 Å². The second kappa shape index (κ2) is 6.14. The molecule has 1 N–H and O–H groups in total. The van der Waals surface area contributed by atoms with E-state index in [4.69, 9.17) is 4.74 Å². The smallest absolute Gasteiger partial charge is 0.0637 e. The van der Waals surface area contributed by atoms with Gasteiger partial charge < -0.3 is 15.0 Å². The first kappa shape index (κ1) is 13.3. The Bertz CT molecular complexity index is 227. The summed E-state index contributed by atoms with van der Waals surface area (Å²) >= 11 is 0. The first-order valence-corrected chi connectivity index (χ1v) is 6.88. The molecule has 100 valence electrons. The highest BCUT2D eigenvalue weighted by Crippen LogP contribution is 2.21. The predicted octanol–water partition coefficient (Wildman–Crippen LogP) is 0.389. The quantitative estimate of drug-likeness (QED) is 0.773. The molecule has 4 heteroatoms. The molecule has 2 rings (SSSR count). The van der Waals surface area contributed by atoms with Crippen molar-refractivity contribution in [1.29, 1.82) is 0 Å². The third kappa shape index (κ3) is 3.19. The first-order chi connectivity index (χ1) is 8.22. The number of hydrogen-bond acceptors (Lipinski definition) is 4. The van der Waals surface area contributed by atoms with Crippen molar-refractivity contribution in [2.24, 2.45) is 0 Å². The van der Waals surface area contributed by atoms with Gasteiger partial charge >= 0.3 is 0 Å². The summed E-state index contributed by atoms with van der Waals surface area (Å²) in [7, 11) is 6.47. The summed E-state index contributed by atoms with van der Waals surface area (Å²) < 4.78 is 5.65. The fourth-order valence-corrected chi connectivity index (χ4v) is 3.15. The van der Waals surface area contributed by atoms with Crippen LogP contribution >= 0.6 is 0 Å². The van der Waals surface area contributed by atoms with Crippen molar-refractivity contribution in [3.63, 3.8) is 0 Å². The Hall–Kier alpha value is -0.160. The molecule has 2 unspecified atom stereocenters. The van der Waals surface area contributed by atoms with E-state index in [1.165, 1.54) is 25.9 Å². The van der Waals surface area contributed by atoms with Gasteiger partial charge in [-0.3, -0.25) is 4.90 Å². The summed E-state index contributed by atoms with van der Waals surface area (Å²) in [5.74, 6) is 0. The van der Waals surface area contributed by atoms with Crippen molar-refractivity contribution in [1.82, 2.24) is 15.1 Å². The van der Waals surface area contributed by atoms with Crippen LogP contribution in [0.1, 0.15) is 19.3 Å². The number of piperidine rings is 1. The molecule has 0 aromatic carbocycles. The van der Waals surface area contributed by atoms with Crippen molar-refractivity contribution < 1.29 is 4.74 Å². The Kier molecular flexibility index (Phi) is 4.79. The van der Waals surface area contributed by atoms with Crippen LogP contribution in [0.15, 0.2) is 0 Å². The molecule has 2 heterocycles. The van der Waals surface area contributed by atoms with Crippen molar-refractivity contribution in [2.75, 3.05) is 47.4 Å². The number of likely N-dealkylation sites (tertiary alicyclic amines) is 1. The highest BCUT2D eigenvalue weighted by atomic mass is 16.5. The van der Waals surface area contributed by atoms with Crippen molar-refractivity contribution in [2.45, 2.75) is 37.4 Å². The normalized spacial score (nSPS) is 33.2. The molecular weight excluding hydrogens is 214 g/mol. The van der Waals surface area contributed by atoms with Gasteiger partial charge in [0.1, 0.15) is 0 Å². The van der Waals surface area contributed by atoms with Crippen LogP contribution in [-0.4, -0.2) is 75.4 Å². The maximum Gasteiger partial charge on any atom is 0.0637 e. The Morgan fingerprint density at radius 3 is 2.47 bits per heavy atom. The molecule has 0 aliphatic carbocycles. The molecule has 17 heavy (non-hydrogen) atoms. The van der Waals surface area contributed by atoms with E-state index in [9.17, 15) is 0 Å². The third-order valence-corrected chi connectivity index (χ3v) is 4.40. The number of likely N-dealkylation sites (N-methyl/N-ethyl adjacent to an activating group) is 1. The van der Waals surface area contributed by atoms with E-state index in [1.54, 1.807) is 0 Å². The molecule has 0 bridgehead atoms. The maximum absolute atomic E-state index is 5.65. The molecule has 0 radical (unpaired) electrons. The lowest BCUT2D eigenvalue weighted by Crippen LogP contribution is -2.57. The lowest BCUT2D eigenvalue weighted by atomic mass is 9.97. The fraction of sp³-hybridized carbons (Fsp3) is 1.00. The van der Waals surface area contributed by atoms with Gasteiger partial charge in [-0.2, -0.15) is 0 Å². The number of nitrogens with zero attached hydrogens (tertiary/aromatic N) is 2. The lowest BCUT2D eigenvalue weighted by molar-refractivity contribution is -0.0153. The minimum atomic E-state index is 0.580. The molecule has 4 nitrogen and oxygen atoms in total. The van der Waals surface area contributed by atoms with Crippen LogP contribution in [0.4, 0.5) is 0 Å². The lowest BCUT2D eigenvalue weighted by Gasteiger charge is -2.44. The molecule has 0 saturated carbocycles. The van der Waals surface area contributed by atoms with Gasteiger partial charge in [-0.05, 0) is 40.4 Å². The van der Waals surface area contributed by atoms with Crippen molar-refractivity contribution >= 4 is 0 Å². The molecule has 2 fully saturated rings. The average molecular weight is 241 g/mol. The molecule has 2 aliphatic rings. The topological polar surface area (TPSA) is 27.7 Å². The summed E-state index contributed by atoms with van der Waals surface area (Å²) in [4.78, 5) is 4.99. The van der Waals surface area contributed by atoms with Crippen LogP contribution in [0.5, 0.6) is 0 Å². The molecule has 2 atom stereocenters. The summed E-state index contributed by atoms with van der Waals surface area (Å²) in [5, 5.41) is 3.45. The molecule has 2 saturated heterocycles. The first-order valence-electron chi connectivity index (χ1n) is 6.88. The Balaban J connectivity index is 1.86. The fourth-order valence-electron chi connectivity index (χ4n) is 3.15. The summed E-state index contributed by atoms with van der Waals surface area (Å²) in [6.07, 6.45) is 3.73. The largest absolute Gasteiger partial charge is 0.380 e. The summed E-state index contributed by atoms with van der Waals surface area (Å²) in [5.41, 5.74) is 0. The van der Waals surface area contributed by atoms with E-state index in [1.807, 2.05) is 0 Å². The third-order valence-electron chi connectivity index (χ3n) is 4.40. The van der Waals surface area contributed by atoms with E-state index in [-0.39, 0.29) is 0 Å². The second-order valence-electron chi connectivity index (χ2n) is 5.56. The standard InChI is InChI=1S/C13H27N3O/c1-14-12-6-9-17-10-13(12)16-7-4-11(5-8-16)15(2)3/h11-14H,4-10H2,1-3H3. The van der Waals surface area contributed by atoms with Gasteiger partial charge in [0.15, 0.2) is 0 Å². The number of nitrogens with one attached hydrogen (secondary N) is 1. The van der Waals surface area contributed by atoms with Gasteiger partial charge in [0.05, 0.1) is 6.61 Å². The number of ether oxygens (including phenoxy) is 1. The van der Waals surface area contributed by atoms with Crippen LogP contribution < -0.4 is 5.32 Å². The van der Waals surface area contributed by atoms with Crippen LogP contribution in [0, 0.1) is 0 Å². The molecular formula is C13H27N3O. The zero-order chi connectivity index (χ0) is 12.3. The zero-order valence-electron chi connectivity index (χ0n) is 11.5. The number of rotatable bonds is 3. The summed E-state index contributed by atoms with van der Waals surface area (Å²) in [6.45, 7) is 4.25. The molecule has 0 spiro atoms.